The Morgan fingerprint density at radius 1 is 1.17 bits per heavy atom. The molecule has 98 valence electrons. The molecule has 2 aliphatic heterocycles. The maximum Gasteiger partial charge on any atom is 0.123 e. The Morgan fingerprint density at radius 2 is 2.00 bits per heavy atom. The third-order valence-electron chi connectivity index (χ3n) is 4.07. The number of phenols is 2. The summed E-state index contributed by atoms with van der Waals surface area (Å²) < 4.78 is 0. The van der Waals surface area contributed by atoms with Crippen molar-refractivity contribution < 1.29 is 10.2 Å². The van der Waals surface area contributed by atoms with E-state index in [1.807, 2.05) is 0 Å². The van der Waals surface area contributed by atoms with Gasteiger partial charge in [0.1, 0.15) is 11.5 Å². The number of nitrogens with one attached hydrogen (secondary N) is 1. The maximum atomic E-state index is 9.82. The van der Waals surface area contributed by atoms with E-state index in [4.69, 9.17) is 0 Å². The summed E-state index contributed by atoms with van der Waals surface area (Å²) in [5, 5.41) is 22.8. The fourth-order valence-electron chi connectivity index (χ4n) is 3.09. The van der Waals surface area contributed by atoms with Gasteiger partial charge in [0.2, 0.25) is 0 Å². The molecule has 0 saturated carbocycles. The normalized spacial score (nSPS) is 28.2. The number of aromatic hydroxyl groups is 2. The van der Waals surface area contributed by atoms with E-state index < -0.39 is 0 Å². The molecular weight excluding hydrogens is 228 g/mol. The monoisotopic (exact) mass is 248 g/mol. The number of likely N-dealkylation sites (tertiary alicyclic amines) is 1. The Hall–Kier alpha value is -1.26. The summed E-state index contributed by atoms with van der Waals surface area (Å²) in [7, 11) is 0. The number of fused-ring (bicyclic) bond motifs is 2. The van der Waals surface area contributed by atoms with Crippen LogP contribution >= 0.6 is 0 Å². The summed E-state index contributed by atoms with van der Waals surface area (Å²) in [6.07, 6.45) is 3.76. The molecule has 2 bridgehead atoms. The van der Waals surface area contributed by atoms with Gasteiger partial charge >= 0.3 is 0 Å². The molecule has 2 fully saturated rings. The molecule has 2 aliphatic rings. The zero-order chi connectivity index (χ0) is 12.5. The van der Waals surface area contributed by atoms with Gasteiger partial charge < -0.3 is 15.5 Å². The second-order valence-electron chi connectivity index (χ2n) is 5.47. The Bertz CT molecular complexity index is 436. The third kappa shape index (κ3) is 2.44. The number of hydrogen-bond acceptors (Lipinski definition) is 4. The minimum atomic E-state index is 0.118. The molecule has 18 heavy (non-hydrogen) atoms. The predicted molar refractivity (Wildman–Crippen MR) is 69.6 cm³/mol. The minimum Gasteiger partial charge on any atom is -0.508 e. The highest BCUT2D eigenvalue weighted by Crippen LogP contribution is 2.26. The Labute approximate surface area is 107 Å². The van der Waals surface area contributed by atoms with Gasteiger partial charge in [0.15, 0.2) is 0 Å². The molecule has 2 heterocycles. The van der Waals surface area contributed by atoms with Crippen LogP contribution in [-0.4, -0.2) is 40.3 Å². The van der Waals surface area contributed by atoms with E-state index in [0.717, 1.165) is 25.2 Å². The first kappa shape index (κ1) is 11.8. The van der Waals surface area contributed by atoms with Crippen molar-refractivity contribution in [1.29, 1.82) is 0 Å². The van der Waals surface area contributed by atoms with E-state index in [1.54, 1.807) is 12.1 Å². The molecule has 0 aliphatic carbocycles. The van der Waals surface area contributed by atoms with Crippen molar-refractivity contribution in [2.45, 2.75) is 37.9 Å². The zero-order valence-electron chi connectivity index (χ0n) is 10.5. The largest absolute Gasteiger partial charge is 0.508 e. The minimum absolute atomic E-state index is 0.118. The average molecular weight is 248 g/mol. The third-order valence-corrected chi connectivity index (χ3v) is 4.07. The molecule has 1 aromatic rings. The number of rotatable bonds is 2. The SMILES string of the molecule is Oc1ccc(CN2CCC3CCC(C2)N3)c(O)c1. The van der Waals surface area contributed by atoms with E-state index in [1.165, 1.54) is 25.3 Å². The quantitative estimate of drug-likeness (QED) is 0.741. The molecule has 0 radical (unpaired) electrons. The lowest BCUT2D eigenvalue weighted by Crippen LogP contribution is -2.34. The van der Waals surface area contributed by atoms with Crippen molar-refractivity contribution in [1.82, 2.24) is 10.2 Å². The molecule has 0 aromatic heterocycles. The van der Waals surface area contributed by atoms with Gasteiger partial charge in [-0.3, -0.25) is 4.90 Å². The van der Waals surface area contributed by atoms with E-state index >= 15 is 0 Å². The van der Waals surface area contributed by atoms with Gasteiger partial charge in [-0.1, -0.05) is 6.07 Å². The molecular formula is C14H20N2O2. The standard InChI is InChI=1S/C14H20N2O2/c17-13-4-1-10(14(18)7-13)8-16-6-5-11-2-3-12(9-16)15-11/h1,4,7,11-12,15,17-18H,2-3,5-6,8-9H2. The van der Waals surface area contributed by atoms with Crippen LogP contribution in [0.25, 0.3) is 0 Å². The van der Waals surface area contributed by atoms with Crippen molar-refractivity contribution in [3.05, 3.63) is 23.8 Å². The summed E-state index contributed by atoms with van der Waals surface area (Å²) in [6, 6.07) is 6.15. The zero-order valence-corrected chi connectivity index (χ0v) is 10.5. The van der Waals surface area contributed by atoms with E-state index in [-0.39, 0.29) is 11.5 Å². The lowest BCUT2D eigenvalue weighted by atomic mass is 10.1. The van der Waals surface area contributed by atoms with Crippen LogP contribution in [0.1, 0.15) is 24.8 Å². The lowest BCUT2D eigenvalue weighted by molar-refractivity contribution is 0.247. The molecule has 4 heteroatoms. The molecule has 3 rings (SSSR count). The predicted octanol–water partition coefficient (Wildman–Crippen LogP) is 1.42. The number of phenolic OH excluding ortho intramolecular Hbond substituents is 2. The average Bonchev–Trinajstić information content (AvgIpc) is 2.66. The van der Waals surface area contributed by atoms with Gasteiger partial charge in [0.25, 0.3) is 0 Å². The summed E-state index contributed by atoms with van der Waals surface area (Å²) in [5.41, 5.74) is 0.894. The highest BCUT2D eigenvalue weighted by molar-refractivity contribution is 5.38. The van der Waals surface area contributed by atoms with Gasteiger partial charge in [-0.15, -0.1) is 0 Å². The first-order valence-electron chi connectivity index (χ1n) is 6.70. The molecule has 4 nitrogen and oxygen atoms in total. The van der Waals surface area contributed by atoms with Crippen LogP contribution in [0.4, 0.5) is 0 Å². The van der Waals surface area contributed by atoms with Crippen molar-refractivity contribution in [2.75, 3.05) is 13.1 Å². The van der Waals surface area contributed by atoms with Crippen LogP contribution in [0.2, 0.25) is 0 Å². The molecule has 1 aromatic carbocycles. The molecule has 0 spiro atoms. The second kappa shape index (κ2) is 4.78. The lowest BCUT2D eigenvalue weighted by Gasteiger charge is -2.24. The van der Waals surface area contributed by atoms with Gasteiger partial charge in [0, 0.05) is 43.3 Å². The van der Waals surface area contributed by atoms with Crippen LogP contribution < -0.4 is 5.32 Å². The topological polar surface area (TPSA) is 55.7 Å². The Balaban J connectivity index is 1.68. The smallest absolute Gasteiger partial charge is 0.123 e. The van der Waals surface area contributed by atoms with Crippen molar-refractivity contribution in [3.63, 3.8) is 0 Å². The highest BCUT2D eigenvalue weighted by atomic mass is 16.3. The maximum absolute atomic E-state index is 9.82. The van der Waals surface area contributed by atoms with E-state index in [2.05, 4.69) is 10.2 Å². The molecule has 2 unspecified atom stereocenters. The van der Waals surface area contributed by atoms with Gasteiger partial charge in [-0.05, 0) is 25.3 Å². The van der Waals surface area contributed by atoms with Gasteiger partial charge in [-0.2, -0.15) is 0 Å². The van der Waals surface area contributed by atoms with Crippen LogP contribution in [0.3, 0.4) is 0 Å². The first-order chi connectivity index (χ1) is 8.70. The number of nitrogens with zero attached hydrogens (tertiary/aromatic N) is 1. The van der Waals surface area contributed by atoms with Crippen LogP contribution in [0.5, 0.6) is 11.5 Å². The Morgan fingerprint density at radius 3 is 2.83 bits per heavy atom. The molecule has 3 N–H and O–H groups in total. The van der Waals surface area contributed by atoms with Crippen molar-refractivity contribution in [2.24, 2.45) is 0 Å². The molecule has 2 saturated heterocycles. The van der Waals surface area contributed by atoms with Crippen LogP contribution in [0.15, 0.2) is 18.2 Å². The van der Waals surface area contributed by atoms with Crippen LogP contribution in [0, 0.1) is 0 Å². The number of hydrogen-bond donors (Lipinski definition) is 3. The van der Waals surface area contributed by atoms with Gasteiger partial charge in [-0.25, -0.2) is 0 Å². The molecule has 2 atom stereocenters. The first-order valence-corrected chi connectivity index (χ1v) is 6.70. The van der Waals surface area contributed by atoms with Gasteiger partial charge in [0.05, 0.1) is 0 Å². The molecule has 0 amide bonds. The Kier molecular flexibility index (Phi) is 3.14. The highest BCUT2D eigenvalue weighted by Gasteiger charge is 2.29. The van der Waals surface area contributed by atoms with Crippen molar-refractivity contribution >= 4 is 0 Å². The summed E-state index contributed by atoms with van der Waals surface area (Å²) in [5.74, 6) is 0.310. The fraction of sp³-hybridized carbons (Fsp3) is 0.571. The second-order valence-corrected chi connectivity index (χ2v) is 5.47. The van der Waals surface area contributed by atoms with Crippen molar-refractivity contribution in [3.8, 4) is 11.5 Å². The fourth-order valence-corrected chi connectivity index (χ4v) is 3.09. The van der Waals surface area contributed by atoms with E-state index in [0.29, 0.717) is 12.1 Å². The summed E-state index contributed by atoms with van der Waals surface area (Å²) >= 11 is 0. The van der Waals surface area contributed by atoms with Crippen LogP contribution in [-0.2, 0) is 6.54 Å². The summed E-state index contributed by atoms with van der Waals surface area (Å²) in [6.45, 7) is 2.89. The summed E-state index contributed by atoms with van der Waals surface area (Å²) in [4.78, 5) is 2.39. The van der Waals surface area contributed by atoms with E-state index in [9.17, 15) is 10.2 Å². The number of benzene rings is 1.